The van der Waals surface area contributed by atoms with E-state index in [0.29, 0.717) is 0 Å². The van der Waals surface area contributed by atoms with Gasteiger partial charge in [-0.1, -0.05) is 41.4 Å². The number of nitrogens with one attached hydrogen (secondary N) is 1. The summed E-state index contributed by atoms with van der Waals surface area (Å²) >= 11 is 5.92. The van der Waals surface area contributed by atoms with Crippen LogP contribution >= 0.6 is 11.6 Å². The highest BCUT2D eigenvalue weighted by Crippen LogP contribution is 2.24. The van der Waals surface area contributed by atoms with E-state index < -0.39 is 10.0 Å². The topological polar surface area (TPSA) is 55.4 Å². The van der Waals surface area contributed by atoms with Crippen LogP contribution in [0.4, 0.5) is 0 Å². The molecule has 0 bridgehead atoms. The standard InChI is InChI=1S/C17H20ClNO3S/c1-12-10-13(2)17(14(3)11-12)22-9-8-19-23(20,21)16-7-5-4-6-15(16)18/h4-7,10-11,19H,8-9H2,1-3H3. The summed E-state index contributed by atoms with van der Waals surface area (Å²) in [6, 6.07) is 10.4. The zero-order valence-electron chi connectivity index (χ0n) is 13.4. The fraction of sp³-hybridized carbons (Fsp3) is 0.294. The first kappa shape index (κ1) is 17.8. The number of hydrogen-bond donors (Lipinski definition) is 1. The van der Waals surface area contributed by atoms with E-state index in [-0.39, 0.29) is 23.1 Å². The summed E-state index contributed by atoms with van der Waals surface area (Å²) < 4.78 is 32.6. The van der Waals surface area contributed by atoms with Gasteiger partial charge >= 0.3 is 0 Å². The van der Waals surface area contributed by atoms with Crippen LogP contribution in [0.3, 0.4) is 0 Å². The van der Waals surface area contributed by atoms with Crippen LogP contribution < -0.4 is 9.46 Å². The summed E-state index contributed by atoms with van der Waals surface area (Å²) in [7, 11) is -3.63. The fourth-order valence-electron chi connectivity index (χ4n) is 2.46. The normalized spacial score (nSPS) is 11.5. The maximum atomic E-state index is 12.2. The van der Waals surface area contributed by atoms with Crippen molar-refractivity contribution in [2.75, 3.05) is 13.2 Å². The van der Waals surface area contributed by atoms with Crippen LogP contribution in [0, 0.1) is 20.8 Å². The molecule has 0 unspecified atom stereocenters. The van der Waals surface area contributed by atoms with Crippen molar-refractivity contribution < 1.29 is 13.2 Å². The van der Waals surface area contributed by atoms with Gasteiger partial charge in [-0.25, -0.2) is 13.1 Å². The van der Waals surface area contributed by atoms with Crippen molar-refractivity contribution in [1.82, 2.24) is 4.72 Å². The summed E-state index contributed by atoms with van der Waals surface area (Å²) in [4.78, 5) is 0.0735. The molecule has 0 aliphatic rings. The van der Waals surface area contributed by atoms with E-state index in [2.05, 4.69) is 4.72 Å². The van der Waals surface area contributed by atoms with E-state index in [1.54, 1.807) is 18.2 Å². The monoisotopic (exact) mass is 353 g/mol. The van der Waals surface area contributed by atoms with Gasteiger partial charge in [-0.15, -0.1) is 0 Å². The molecule has 0 heterocycles. The molecular formula is C17H20ClNO3S. The molecule has 0 fully saturated rings. The van der Waals surface area contributed by atoms with Crippen LogP contribution in [0.2, 0.25) is 5.02 Å². The van der Waals surface area contributed by atoms with Gasteiger partial charge < -0.3 is 4.74 Å². The third kappa shape index (κ3) is 4.47. The minimum Gasteiger partial charge on any atom is -0.492 e. The zero-order valence-corrected chi connectivity index (χ0v) is 15.0. The predicted molar refractivity (Wildman–Crippen MR) is 92.8 cm³/mol. The first-order chi connectivity index (χ1) is 10.8. The number of hydrogen-bond acceptors (Lipinski definition) is 3. The van der Waals surface area contributed by atoms with Crippen molar-refractivity contribution in [2.45, 2.75) is 25.7 Å². The SMILES string of the molecule is Cc1cc(C)c(OCCNS(=O)(=O)c2ccccc2Cl)c(C)c1. The minimum absolute atomic E-state index is 0.0735. The van der Waals surface area contributed by atoms with E-state index in [1.165, 1.54) is 11.6 Å². The molecule has 124 valence electrons. The third-order valence-corrected chi connectivity index (χ3v) is 5.33. The molecule has 2 aromatic carbocycles. The Bertz CT molecular complexity index is 780. The van der Waals surface area contributed by atoms with Gasteiger partial charge in [0.15, 0.2) is 0 Å². The van der Waals surface area contributed by atoms with Crippen LogP contribution in [0.5, 0.6) is 5.75 Å². The quantitative estimate of drug-likeness (QED) is 0.807. The first-order valence-electron chi connectivity index (χ1n) is 7.26. The molecule has 0 saturated heterocycles. The molecule has 23 heavy (non-hydrogen) atoms. The molecule has 2 rings (SSSR count). The third-order valence-electron chi connectivity index (χ3n) is 3.37. The zero-order chi connectivity index (χ0) is 17.0. The molecule has 0 saturated carbocycles. The molecule has 0 spiro atoms. The average Bonchev–Trinajstić information content (AvgIpc) is 2.45. The van der Waals surface area contributed by atoms with Crippen molar-refractivity contribution in [3.63, 3.8) is 0 Å². The maximum Gasteiger partial charge on any atom is 0.242 e. The summed E-state index contributed by atoms with van der Waals surface area (Å²) in [6.07, 6.45) is 0. The number of ether oxygens (including phenoxy) is 1. The van der Waals surface area contributed by atoms with E-state index in [1.807, 2.05) is 32.9 Å². The van der Waals surface area contributed by atoms with Gasteiger partial charge in [0.1, 0.15) is 17.3 Å². The Morgan fingerprint density at radius 3 is 2.30 bits per heavy atom. The highest BCUT2D eigenvalue weighted by atomic mass is 35.5. The van der Waals surface area contributed by atoms with Crippen LogP contribution in [0.25, 0.3) is 0 Å². The molecule has 0 aliphatic carbocycles. The second-order valence-corrected chi connectivity index (χ2v) is 7.55. The van der Waals surface area contributed by atoms with Crippen molar-refractivity contribution >= 4 is 21.6 Å². The Balaban J connectivity index is 1.97. The highest BCUT2D eigenvalue weighted by molar-refractivity contribution is 7.89. The summed E-state index contributed by atoms with van der Waals surface area (Å²) in [5, 5.41) is 0.200. The summed E-state index contributed by atoms with van der Waals surface area (Å²) in [5.74, 6) is 0.799. The van der Waals surface area contributed by atoms with Crippen molar-refractivity contribution in [3.8, 4) is 5.75 Å². The number of benzene rings is 2. The second kappa shape index (κ2) is 7.34. The number of rotatable bonds is 6. The van der Waals surface area contributed by atoms with Gasteiger partial charge in [0.05, 0.1) is 5.02 Å². The molecule has 4 nitrogen and oxygen atoms in total. The van der Waals surface area contributed by atoms with Gasteiger partial charge in [-0.2, -0.15) is 0 Å². The van der Waals surface area contributed by atoms with Gasteiger partial charge in [-0.3, -0.25) is 0 Å². The Morgan fingerprint density at radius 1 is 1.09 bits per heavy atom. The predicted octanol–water partition coefficient (Wildman–Crippen LogP) is 3.62. The fourth-order valence-corrected chi connectivity index (χ4v) is 3.99. The van der Waals surface area contributed by atoms with Crippen LogP contribution in [-0.4, -0.2) is 21.6 Å². The Labute approximate surface area is 142 Å². The summed E-state index contributed by atoms with van der Waals surface area (Å²) in [6.45, 7) is 6.39. The molecule has 2 aromatic rings. The molecule has 0 atom stereocenters. The number of halogens is 1. The Kier molecular flexibility index (Phi) is 5.68. The van der Waals surface area contributed by atoms with Crippen molar-refractivity contribution in [1.29, 1.82) is 0 Å². The number of aryl methyl sites for hydroxylation is 3. The van der Waals surface area contributed by atoms with Crippen LogP contribution in [0.1, 0.15) is 16.7 Å². The molecule has 0 amide bonds. The molecule has 0 aliphatic heterocycles. The molecule has 6 heteroatoms. The Morgan fingerprint density at radius 2 is 1.70 bits per heavy atom. The average molecular weight is 354 g/mol. The van der Waals surface area contributed by atoms with Crippen LogP contribution in [-0.2, 0) is 10.0 Å². The van der Waals surface area contributed by atoms with E-state index in [4.69, 9.17) is 16.3 Å². The van der Waals surface area contributed by atoms with Crippen molar-refractivity contribution in [3.05, 3.63) is 58.1 Å². The number of sulfonamides is 1. The summed E-state index contributed by atoms with van der Waals surface area (Å²) in [5.41, 5.74) is 3.25. The minimum atomic E-state index is -3.63. The van der Waals surface area contributed by atoms with Crippen LogP contribution in [0.15, 0.2) is 41.3 Å². The molecule has 0 radical (unpaired) electrons. The van der Waals surface area contributed by atoms with E-state index in [0.717, 1.165) is 16.9 Å². The lowest BCUT2D eigenvalue weighted by molar-refractivity contribution is 0.318. The first-order valence-corrected chi connectivity index (χ1v) is 9.12. The largest absolute Gasteiger partial charge is 0.492 e. The van der Waals surface area contributed by atoms with Gasteiger partial charge in [0, 0.05) is 6.54 Å². The lowest BCUT2D eigenvalue weighted by atomic mass is 10.1. The maximum absolute atomic E-state index is 12.2. The highest BCUT2D eigenvalue weighted by Gasteiger charge is 2.16. The van der Waals surface area contributed by atoms with Gasteiger partial charge in [0.25, 0.3) is 0 Å². The lowest BCUT2D eigenvalue weighted by Gasteiger charge is -2.14. The smallest absolute Gasteiger partial charge is 0.242 e. The Hall–Kier alpha value is -1.56. The van der Waals surface area contributed by atoms with E-state index in [9.17, 15) is 8.42 Å². The molecule has 0 aromatic heterocycles. The van der Waals surface area contributed by atoms with Crippen molar-refractivity contribution in [2.24, 2.45) is 0 Å². The molecule has 1 N–H and O–H groups in total. The van der Waals surface area contributed by atoms with Gasteiger partial charge in [-0.05, 0) is 44.0 Å². The molecular weight excluding hydrogens is 334 g/mol. The van der Waals surface area contributed by atoms with E-state index >= 15 is 0 Å². The lowest BCUT2D eigenvalue weighted by Crippen LogP contribution is -2.28. The van der Waals surface area contributed by atoms with Gasteiger partial charge in [0.2, 0.25) is 10.0 Å². The second-order valence-electron chi connectivity index (χ2n) is 5.40.